The van der Waals surface area contributed by atoms with E-state index in [0.717, 1.165) is 18.8 Å². The van der Waals surface area contributed by atoms with Crippen LogP contribution in [-0.4, -0.2) is 11.1 Å². The maximum absolute atomic E-state index is 8.91. The number of hydrogen-bond acceptors (Lipinski definition) is 3. The van der Waals surface area contributed by atoms with Gasteiger partial charge in [0.05, 0.1) is 6.10 Å². The summed E-state index contributed by atoms with van der Waals surface area (Å²) in [6.45, 7) is 2.25. The summed E-state index contributed by atoms with van der Waals surface area (Å²) < 4.78 is 5.86. The molecule has 1 heterocycles. The van der Waals surface area contributed by atoms with Gasteiger partial charge >= 0.3 is 0 Å². The number of nitrogens with zero attached hydrogens (tertiary/aromatic N) is 2. The third kappa shape index (κ3) is 2.52. The Kier molecular flexibility index (Phi) is 3.40. The average Bonchev–Trinajstić information content (AvgIpc) is 2.30. The van der Waals surface area contributed by atoms with Crippen LogP contribution >= 0.6 is 0 Å². The van der Waals surface area contributed by atoms with Gasteiger partial charge in [-0.1, -0.05) is 13.3 Å². The Morgan fingerprint density at radius 3 is 3.12 bits per heavy atom. The second-order valence-corrected chi connectivity index (χ2v) is 4.47. The van der Waals surface area contributed by atoms with Crippen molar-refractivity contribution < 1.29 is 4.74 Å². The van der Waals surface area contributed by atoms with Crippen LogP contribution in [0.4, 0.5) is 0 Å². The van der Waals surface area contributed by atoms with Crippen LogP contribution in [0.3, 0.4) is 0 Å². The molecule has 1 aromatic rings. The Hall–Kier alpha value is -1.56. The Balaban J connectivity index is 2.06. The molecule has 84 valence electrons. The number of pyridine rings is 1. The first-order valence-corrected chi connectivity index (χ1v) is 5.81. The van der Waals surface area contributed by atoms with Crippen LogP contribution in [0.1, 0.15) is 38.3 Å². The van der Waals surface area contributed by atoms with Gasteiger partial charge in [0.2, 0.25) is 0 Å². The molecule has 0 aromatic carbocycles. The molecule has 1 fully saturated rings. The zero-order valence-electron chi connectivity index (χ0n) is 9.52. The van der Waals surface area contributed by atoms with E-state index in [1.807, 2.05) is 12.1 Å². The normalized spacial score (nSPS) is 24.8. The molecule has 1 saturated carbocycles. The molecular weight excluding hydrogens is 200 g/mol. The minimum absolute atomic E-state index is 0.250. The molecule has 2 unspecified atom stereocenters. The van der Waals surface area contributed by atoms with Crippen molar-refractivity contribution >= 4 is 0 Å². The largest absolute Gasteiger partial charge is 0.487 e. The van der Waals surface area contributed by atoms with Gasteiger partial charge in [0, 0.05) is 6.20 Å². The lowest BCUT2D eigenvalue weighted by Crippen LogP contribution is -2.24. The van der Waals surface area contributed by atoms with Crippen molar-refractivity contribution in [3.8, 4) is 11.8 Å². The molecule has 1 aliphatic rings. The van der Waals surface area contributed by atoms with E-state index in [-0.39, 0.29) is 6.10 Å². The van der Waals surface area contributed by atoms with Crippen molar-refractivity contribution in [2.24, 2.45) is 5.92 Å². The predicted octanol–water partition coefficient (Wildman–Crippen LogP) is 2.91. The average molecular weight is 216 g/mol. The van der Waals surface area contributed by atoms with Gasteiger partial charge in [-0.15, -0.1) is 0 Å². The van der Waals surface area contributed by atoms with Crippen LogP contribution in [0.25, 0.3) is 0 Å². The summed E-state index contributed by atoms with van der Waals surface area (Å²) in [6.07, 6.45) is 6.55. The summed E-state index contributed by atoms with van der Waals surface area (Å²) in [5.41, 5.74) is 0.390. The molecule has 2 atom stereocenters. The molecule has 0 amide bonds. The van der Waals surface area contributed by atoms with Crippen LogP contribution in [-0.2, 0) is 0 Å². The van der Waals surface area contributed by atoms with Gasteiger partial charge in [-0.2, -0.15) is 5.26 Å². The standard InChI is InChI=1S/C13H16N2O/c1-10-4-2-5-11(8-10)16-13-6-3-7-15-12(13)9-14/h3,6-7,10-11H,2,4-5,8H2,1H3. The van der Waals surface area contributed by atoms with Gasteiger partial charge in [0.1, 0.15) is 6.07 Å². The van der Waals surface area contributed by atoms with Crippen molar-refractivity contribution in [3.63, 3.8) is 0 Å². The minimum atomic E-state index is 0.250. The van der Waals surface area contributed by atoms with E-state index in [1.54, 1.807) is 6.20 Å². The predicted molar refractivity (Wildman–Crippen MR) is 61.0 cm³/mol. The van der Waals surface area contributed by atoms with Crippen molar-refractivity contribution in [1.82, 2.24) is 4.98 Å². The first-order valence-electron chi connectivity index (χ1n) is 5.81. The fraction of sp³-hybridized carbons (Fsp3) is 0.538. The third-order valence-corrected chi connectivity index (χ3v) is 3.06. The second-order valence-electron chi connectivity index (χ2n) is 4.47. The summed E-state index contributed by atoms with van der Waals surface area (Å²) in [6, 6.07) is 5.69. The minimum Gasteiger partial charge on any atom is -0.487 e. The molecule has 0 radical (unpaired) electrons. The van der Waals surface area contributed by atoms with Gasteiger partial charge in [-0.25, -0.2) is 4.98 Å². The zero-order chi connectivity index (χ0) is 11.4. The van der Waals surface area contributed by atoms with Crippen LogP contribution < -0.4 is 4.74 Å². The van der Waals surface area contributed by atoms with Gasteiger partial charge in [-0.3, -0.25) is 0 Å². The molecule has 1 aromatic heterocycles. The summed E-state index contributed by atoms with van der Waals surface area (Å²) in [5, 5.41) is 8.91. The molecule has 2 rings (SSSR count). The molecule has 0 spiro atoms. The topological polar surface area (TPSA) is 45.9 Å². The van der Waals surface area contributed by atoms with Crippen LogP contribution in [0.2, 0.25) is 0 Å². The van der Waals surface area contributed by atoms with Crippen molar-refractivity contribution in [2.45, 2.75) is 38.7 Å². The highest BCUT2D eigenvalue weighted by molar-refractivity contribution is 5.36. The summed E-state index contributed by atoms with van der Waals surface area (Å²) in [7, 11) is 0. The van der Waals surface area contributed by atoms with E-state index in [1.165, 1.54) is 12.8 Å². The van der Waals surface area contributed by atoms with E-state index in [4.69, 9.17) is 10.00 Å². The maximum atomic E-state index is 8.91. The SMILES string of the molecule is CC1CCCC(Oc2cccnc2C#N)C1. The van der Waals surface area contributed by atoms with Crippen LogP contribution in [0.15, 0.2) is 18.3 Å². The van der Waals surface area contributed by atoms with E-state index >= 15 is 0 Å². The van der Waals surface area contributed by atoms with Crippen LogP contribution in [0.5, 0.6) is 5.75 Å². The first-order chi connectivity index (χ1) is 7.79. The molecular formula is C13H16N2O. The molecule has 1 aliphatic carbocycles. The number of ether oxygens (including phenoxy) is 1. The van der Waals surface area contributed by atoms with Gasteiger partial charge < -0.3 is 4.74 Å². The summed E-state index contributed by atoms with van der Waals surface area (Å²) in [5.74, 6) is 1.35. The highest BCUT2D eigenvalue weighted by Gasteiger charge is 2.21. The smallest absolute Gasteiger partial charge is 0.182 e. The lowest BCUT2D eigenvalue weighted by atomic mass is 9.89. The van der Waals surface area contributed by atoms with Gasteiger partial charge in [0.15, 0.2) is 11.4 Å². The Labute approximate surface area is 96.1 Å². The highest BCUT2D eigenvalue weighted by Crippen LogP contribution is 2.28. The summed E-state index contributed by atoms with van der Waals surface area (Å²) in [4.78, 5) is 4.00. The van der Waals surface area contributed by atoms with E-state index in [9.17, 15) is 0 Å². The van der Waals surface area contributed by atoms with E-state index < -0.39 is 0 Å². The van der Waals surface area contributed by atoms with Gasteiger partial charge in [-0.05, 0) is 37.3 Å². The van der Waals surface area contributed by atoms with Gasteiger partial charge in [0.25, 0.3) is 0 Å². The number of aromatic nitrogens is 1. The molecule has 0 N–H and O–H groups in total. The number of rotatable bonds is 2. The monoisotopic (exact) mass is 216 g/mol. The lowest BCUT2D eigenvalue weighted by molar-refractivity contribution is 0.128. The Bertz CT molecular complexity index is 397. The lowest BCUT2D eigenvalue weighted by Gasteiger charge is -2.27. The third-order valence-electron chi connectivity index (χ3n) is 3.06. The fourth-order valence-electron chi connectivity index (χ4n) is 2.23. The zero-order valence-corrected chi connectivity index (χ0v) is 9.52. The summed E-state index contributed by atoms with van der Waals surface area (Å²) >= 11 is 0. The molecule has 3 nitrogen and oxygen atoms in total. The molecule has 16 heavy (non-hydrogen) atoms. The Morgan fingerprint density at radius 2 is 2.38 bits per heavy atom. The molecule has 0 saturated heterocycles. The molecule has 0 aliphatic heterocycles. The van der Waals surface area contributed by atoms with Crippen LogP contribution in [0, 0.1) is 17.2 Å². The second kappa shape index (κ2) is 4.98. The Morgan fingerprint density at radius 1 is 1.50 bits per heavy atom. The number of hydrogen-bond donors (Lipinski definition) is 0. The molecule has 0 bridgehead atoms. The fourth-order valence-corrected chi connectivity index (χ4v) is 2.23. The van der Waals surface area contributed by atoms with Crippen molar-refractivity contribution in [3.05, 3.63) is 24.0 Å². The number of nitriles is 1. The first kappa shape index (κ1) is 10.9. The van der Waals surface area contributed by atoms with E-state index in [2.05, 4.69) is 18.0 Å². The molecule has 3 heteroatoms. The van der Waals surface area contributed by atoms with Crippen molar-refractivity contribution in [2.75, 3.05) is 0 Å². The quantitative estimate of drug-likeness (QED) is 0.763. The van der Waals surface area contributed by atoms with E-state index in [0.29, 0.717) is 11.4 Å². The highest BCUT2D eigenvalue weighted by atomic mass is 16.5. The van der Waals surface area contributed by atoms with Crippen molar-refractivity contribution in [1.29, 1.82) is 5.26 Å². The maximum Gasteiger partial charge on any atom is 0.182 e.